The predicted molar refractivity (Wildman–Crippen MR) is 53.4 cm³/mol. The Morgan fingerprint density at radius 3 is 1.92 bits per heavy atom. The first-order chi connectivity index (χ1) is 5.76. The highest BCUT2D eigenvalue weighted by atomic mass is 28.3. The molecule has 0 heterocycles. The second-order valence-electron chi connectivity index (χ2n) is 2.37. The van der Waals surface area contributed by atoms with Gasteiger partial charge in [0.05, 0.1) is 0 Å². The maximum Gasteiger partial charge on any atom is 0.399 e. The molecule has 0 radical (unpaired) electrons. The van der Waals surface area contributed by atoms with E-state index in [4.69, 9.17) is 0 Å². The Kier molecular flexibility index (Phi) is 6.19. The van der Waals surface area contributed by atoms with Crippen LogP contribution in [0.1, 0.15) is 0 Å². The minimum atomic E-state index is -1.68. The third kappa shape index (κ3) is 4.03. The van der Waals surface area contributed by atoms with Gasteiger partial charge in [0.2, 0.25) is 0 Å². The van der Waals surface area contributed by atoms with E-state index in [0.29, 0.717) is 19.1 Å². The Balaban J connectivity index is 4.06. The first-order valence-corrected chi connectivity index (χ1v) is 5.43. The average molecular weight is 181 g/mol. The fourth-order valence-electron chi connectivity index (χ4n) is 0.842. The smallest absolute Gasteiger partial charge is 0.370 e. The number of rotatable bonds is 7. The van der Waals surface area contributed by atoms with Crippen molar-refractivity contribution in [1.29, 1.82) is 0 Å². The second kappa shape index (κ2) is 6.73. The summed E-state index contributed by atoms with van der Waals surface area (Å²) in [5, 5.41) is 0. The van der Waals surface area contributed by atoms with Crippen LogP contribution >= 0.6 is 0 Å². The third-order valence-electron chi connectivity index (χ3n) is 1.37. The molecule has 66 valence electrons. The van der Waals surface area contributed by atoms with Gasteiger partial charge in [0.15, 0.2) is 0 Å². The summed E-state index contributed by atoms with van der Waals surface area (Å²) in [4.78, 5) is 0. The SMILES string of the molecule is C=CCN(CC=C)[Si](=O)CC=C. The van der Waals surface area contributed by atoms with E-state index in [2.05, 4.69) is 19.7 Å². The summed E-state index contributed by atoms with van der Waals surface area (Å²) in [5.74, 6) is 0. The lowest BCUT2D eigenvalue weighted by Crippen LogP contribution is -2.32. The zero-order valence-corrected chi connectivity index (χ0v) is 8.33. The molecule has 0 aromatic rings. The monoisotopic (exact) mass is 181 g/mol. The Morgan fingerprint density at radius 2 is 1.58 bits per heavy atom. The first kappa shape index (κ1) is 11.0. The van der Waals surface area contributed by atoms with E-state index in [1.165, 1.54) is 0 Å². The van der Waals surface area contributed by atoms with Crippen molar-refractivity contribution in [3.05, 3.63) is 38.0 Å². The van der Waals surface area contributed by atoms with Gasteiger partial charge in [-0.05, 0) is 0 Å². The molecule has 0 N–H and O–H groups in total. The van der Waals surface area contributed by atoms with E-state index in [0.717, 1.165) is 0 Å². The van der Waals surface area contributed by atoms with Gasteiger partial charge in [0, 0.05) is 19.1 Å². The molecule has 0 atom stereocenters. The average Bonchev–Trinajstić information content (AvgIpc) is 2.04. The van der Waals surface area contributed by atoms with E-state index in [-0.39, 0.29) is 0 Å². The number of allylic oxidation sites excluding steroid dienone is 1. The van der Waals surface area contributed by atoms with Gasteiger partial charge >= 0.3 is 8.84 Å². The quantitative estimate of drug-likeness (QED) is 0.440. The van der Waals surface area contributed by atoms with E-state index in [1.807, 2.05) is 4.57 Å². The minimum Gasteiger partial charge on any atom is -0.370 e. The van der Waals surface area contributed by atoms with Crippen LogP contribution in [-0.4, -0.2) is 26.5 Å². The van der Waals surface area contributed by atoms with Gasteiger partial charge in [-0.1, -0.05) is 18.2 Å². The summed E-state index contributed by atoms with van der Waals surface area (Å²) >= 11 is 0. The van der Waals surface area contributed by atoms with Crippen molar-refractivity contribution in [3.63, 3.8) is 0 Å². The van der Waals surface area contributed by atoms with E-state index < -0.39 is 8.84 Å². The van der Waals surface area contributed by atoms with Crippen molar-refractivity contribution in [2.24, 2.45) is 0 Å². The van der Waals surface area contributed by atoms with E-state index in [1.54, 1.807) is 18.2 Å². The lowest BCUT2D eigenvalue weighted by molar-refractivity contribution is 0.448. The van der Waals surface area contributed by atoms with Crippen molar-refractivity contribution < 1.29 is 4.46 Å². The molecular weight excluding hydrogens is 166 g/mol. The van der Waals surface area contributed by atoms with Crippen molar-refractivity contribution in [1.82, 2.24) is 4.57 Å². The molecule has 12 heavy (non-hydrogen) atoms. The van der Waals surface area contributed by atoms with Crippen LogP contribution in [0.4, 0.5) is 0 Å². The third-order valence-corrected chi connectivity index (χ3v) is 3.08. The Labute approximate surface area is 75.6 Å². The largest absolute Gasteiger partial charge is 0.399 e. The molecule has 0 aliphatic carbocycles. The zero-order valence-electron chi connectivity index (χ0n) is 7.33. The van der Waals surface area contributed by atoms with Gasteiger partial charge in [0.25, 0.3) is 0 Å². The zero-order chi connectivity index (χ0) is 9.40. The fraction of sp³-hybridized carbons (Fsp3) is 0.333. The molecule has 0 aromatic carbocycles. The number of hydrogen-bond donors (Lipinski definition) is 0. The van der Waals surface area contributed by atoms with Crippen molar-refractivity contribution in [2.45, 2.75) is 6.04 Å². The fourth-order valence-corrected chi connectivity index (χ4v) is 2.01. The van der Waals surface area contributed by atoms with E-state index >= 15 is 0 Å². The molecular formula is C9H15NOSi. The summed E-state index contributed by atoms with van der Waals surface area (Å²) in [7, 11) is -1.68. The van der Waals surface area contributed by atoms with Crippen LogP contribution in [0.5, 0.6) is 0 Å². The lowest BCUT2D eigenvalue weighted by Gasteiger charge is -2.17. The lowest BCUT2D eigenvalue weighted by atomic mass is 10.5. The molecule has 0 fully saturated rings. The molecule has 0 aromatic heterocycles. The highest BCUT2D eigenvalue weighted by Gasteiger charge is 2.10. The van der Waals surface area contributed by atoms with Gasteiger partial charge in [-0.15, -0.1) is 19.7 Å². The molecule has 3 heteroatoms. The summed E-state index contributed by atoms with van der Waals surface area (Å²) in [6.45, 7) is 12.1. The molecule has 0 spiro atoms. The number of hydrogen-bond acceptors (Lipinski definition) is 1. The molecule has 0 amide bonds. The van der Waals surface area contributed by atoms with Gasteiger partial charge in [-0.2, -0.15) is 0 Å². The van der Waals surface area contributed by atoms with Crippen molar-refractivity contribution in [3.8, 4) is 0 Å². The van der Waals surface area contributed by atoms with Crippen LogP contribution in [0.3, 0.4) is 0 Å². The van der Waals surface area contributed by atoms with Gasteiger partial charge in [-0.25, -0.2) is 0 Å². The summed E-state index contributed by atoms with van der Waals surface area (Å²) < 4.78 is 13.3. The van der Waals surface area contributed by atoms with Crippen molar-refractivity contribution >= 4 is 8.84 Å². The molecule has 0 aliphatic heterocycles. The van der Waals surface area contributed by atoms with Gasteiger partial charge in [0.1, 0.15) is 0 Å². The molecule has 0 saturated carbocycles. The predicted octanol–water partition coefficient (Wildman–Crippen LogP) is 1.77. The summed E-state index contributed by atoms with van der Waals surface area (Å²) in [6.07, 6.45) is 5.17. The van der Waals surface area contributed by atoms with Gasteiger partial charge < -0.3 is 9.03 Å². The Morgan fingerprint density at radius 1 is 1.08 bits per heavy atom. The topological polar surface area (TPSA) is 20.3 Å². The first-order valence-electron chi connectivity index (χ1n) is 3.86. The second-order valence-corrected chi connectivity index (χ2v) is 4.20. The number of nitrogens with zero attached hydrogens (tertiary/aromatic N) is 1. The van der Waals surface area contributed by atoms with Crippen LogP contribution in [0.25, 0.3) is 0 Å². The summed E-state index contributed by atoms with van der Waals surface area (Å²) in [6, 6.07) is 0.562. The van der Waals surface area contributed by atoms with Crippen LogP contribution in [0.15, 0.2) is 38.0 Å². The van der Waals surface area contributed by atoms with Crippen LogP contribution in [0, 0.1) is 0 Å². The molecule has 2 nitrogen and oxygen atoms in total. The van der Waals surface area contributed by atoms with Crippen LogP contribution in [0.2, 0.25) is 6.04 Å². The molecule has 0 aliphatic rings. The normalized spacial score (nSPS) is 8.67. The highest BCUT2D eigenvalue weighted by Crippen LogP contribution is 1.94. The maximum atomic E-state index is 11.5. The van der Waals surface area contributed by atoms with Crippen LogP contribution < -0.4 is 0 Å². The summed E-state index contributed by atoms with van der Waals surface area (Å²) in [5.41, 5.74) is 0. The van der Waals surface area contributed by atoms with Crippen molar-refractivity contribution in [2.75, 3.05) is 13.1 Å². The molecule has 0 saturated heterocycles. The van der Waals surface area contributed by atoms with Gasteiger partial charge in [-0.3, -0.25) is 0 Å². The standard InChI is InChI=1S/C9H15NOSi/c1-4-7-10(8-5-2)12(11)9-6-3/h4-6H,1-3,7-9H2. The van der Waals surface area contributed by atoms with Crippen LogP contribution in [-0.2, 0) is 4.46 Å². The Bertz CT molecular complexity index is 179. The molecule has 0 unspecified atom stereocenters. The Hall–Kier alpha value is -0.963. The molecule has 0 rings (SSSR count). The van der Waals surface area contributed by atoms with E-state index in [9.17, 15) is 4.46 Å². The maximum absolute atomic E-state index is 11.5. The minimum absolute atomic E-state index is 0.562. The molecule has 0 bridgehead atoms. The highest BCUT2D eigenvalue weighted by molar-refractivity contribution is 6.40.